The second-order valence-electron chi connectivity index (χ2n) is 7.03. The molecule has 0 saturated heterocycles. The van der Waals surface area contributed by atoms with Gasteiger partial charge in [0.1, 0.15) is 18.1 Å². The minimum Gasteiger partial charge on any atom is -0.481 e. The number of carboxylic acid groups (broad SMARTS) is 2. The van der Waals surface area contributed by atoms with Gasteiger partial charge in [-0.2, -0.15) is 0 Å². The Morgan fingerprint density at radius 3 is 1.82 bits per heavy atom. The molecular formula is C17H30N4O7. The Balaban J connectivity index is 4.92. The fourth-order valence-electron chi connectivity index (χ4n) is 2.17. The number of nitrogens with one attached hydrogen (secondary N) is 3. The molecule has 3 amide bonds. The van der Waals surface area contributed by atoms with E-state index in [-0.39, 0.29) is 25.2 Å². The van der Waals surface area contributed by atoms with Gasteiger partial charge in [-0.3, -0.25) is 24.0 Å². The molecule has 4 unspecified atom stereocenters. The predicted octanol–water partition coefficient (Wildman–Crippen LogP) is -1.20. The maximum atomic E-state index is 12.5. The van der Waals surface area contributed by atoms with Gasteiger partial charge in [-0.25, -0.2) is 0 Å². The van der Waals surface area contributed by atoms with Gasteiger partial charge in [-0.1, -0.05) is 13.8 Å². The van der Waals surface area contributed by atoms with Gasteiger partial charge in [-0.15, -0.1) is 0 Å². The van der Waals surface area contributed by atoms with Gasteiger partial charge in [0.25, 0.3) is 0 Å². The van der Waals surface area contributed by atoms with E-state index in [2.05, 4.69) is 16.0 Å². The van der Waals surface area contributed by atoms with Gasteiger partial charge >= 0.3 is 11.9 Å². The number of rotatable bonds is 12. The van der Waals surface area contributed by atoms with Crippen molar-refractivity contribution in [2.24, 2.45) is 11.7 Å². The summed E-state index contributed by atoms with van der Waals surface area (Å²) < 4.78 is 0. The molecule has 0 radical (unpaired) electrons. The molecular weight excluding hydrogens is 372 g/mol. The van der Waals surface area contributed by atoms with Crippen LogP contribution in [0.4, 0.5) is 0 Å². The number of carbonyl (C=O) groups excluding carboxylic acids is 3. The fraction of sp³-hybridized carbons (Fsp3) is 0.706. The van der Waals surface area contributed by atoms with E-state index < -0.39 is 53.8 Å². The lowest BCUT2D eigenvalue weighted by molar-refractivity contribution is -0.141. The van der Waals surface area contributed by atoms with E-state index in [0.717, 1.165) is 0 Å². The third-order valence-electron chi connectivity index (χ3n) is 3.83. The van der Waals surface area contributed by atoms with E-state index in [1.54, 1.807) is 0 Å². The van der Waals surface area contributed by atoms with Crippen molar-refractivity contribution < 1.29 is 34.2 Å². The highest BCUT2D eigenvalue weighted by Gasteiger charge is 2.28. The molecule has 0 aromatic carbocycles. The van der Waals surface area contributed by atoms with Crippen LogP contribution in [0, 0.1) is 5.92 Å². The molecule has 0 aromatic rings. The highest BCUT2D eigenvalue weighted by atomic mass is 16.4. The molecule has 0 aliphatic rings. The summed E-state index contributed by atoms with van der Waals surface area (Å²) in [4.78, 5) is 58.0. The molecule has 0 aromatic heterocycles. The first-order chi connectivity index (χ1) is 12.8. The zero-order valence-electron chi connectivity index (χ0n) is 16.5. The molecule has 0 fully saturated rings. The lowest BCUT2D eigenvalue weighted by atomic mass is 10.0. The maximum Gasteiger partial charge on any atom is 0.325 e. The first kappa shape index (κ1) is 25.3. The normalized spacial score (nSPS) is 15.1. The smallest absolute Gasteiger partial charge is 0.325 e. The summed E-state index contributed by atoms with van der Waals surface area (Å²) in [6.45, 7) is 6.34. The average Bonchev–Trinajstić information content (AvgIpc) is 2.57. The second kappa shape index (κ2) is 11.9. The number of hydrogen-bond acceptors (Lipinski definition) is 6. The zero-order chi connectivity index (χ0) is 22.0. The van der Waals surface area contributed by atoms with Crippen molar-refractivity contribution in [3.63, 3.8) is 0 Å². The van der Waals surface area contributed by atoms with E-state index in [9.17, 15) is 24.0 Å². The molecule has 0 aliphatic carbocycles. The monoisotopic (exact) mass is 402 g/mol. The Labute approximate surface area is 163 Å². The molecule has 0 heterocycles. The number of carbonyl (C=O) groups is 5. The van der Waals surface area contributed by atoms with Gasteiger partial charge in [0.05, 0.1) is 6.04 Å². The first-order valence-electron chi connectivity index (χ1n) is 8.96. The van der Waals surface area contributed by atoms with Crippen LogP contribution in [-0.2, 0) is 24.0 Å². The fourth-order valence-corrected chi connectivity index (χ4v) is 2.17. The van der Waals surface area contributed by atoms with Crippen molar-refractivity contribution in [2.75, 3.05) is 0 Å². The Kier molecular flexibility index (Phi) is 10.8. The number of amides is 3. The van der Waals surface area contributed by atoms with Gasteiger partial charge in [-0.05, 0) is 32.6 Å². The van der Waals surface area contributed by atoms with Crippen LogP contribution in [0.1, 0.15) is 47.0 Å². The third-order valence-corrected chi connectivity index (χ3v) is 3.83. The standard InChI is InChI=1S/C17H30N4O7/c1-8(2)7-12(21-15(25)11(18)5-6-13(22)23)16(26)19-9(3)14(24)20-10(4)17(27)28/h8-12H,5-7,18H2,1-4H3,(H,19,26)(H,20,24)(H,21,25)(H,22,23)(H,27,28). The van der Waals surface area contributed by atoms with Crippen LogP contribution in [0.2, 0.25) is 0 Å². The molecule has 0 spiro atoms. The average molecular weight is 402 g/mol. The van der Waals surface area contributed by atoms with Crippen molar-refractivity contribution in [3.8, 4) is 0 Å². The largest absolute Gasteiger partial charge is 0.481 e. The van der Waals surface area contributed by atoms with E-state index in [4.69, 9.17) is 15.9 Å². The number of aliphatic carboxylic acids is 2. The number of nitrogens with two attached hydrogens (primary N) is 1. The van der Waals surface area contributed by atoms with E-state index in [0.29, 0.717) is 0 Å². The molecule has 4 atom stereocenters. The van der Waals surface area contributed by atoms with Crippen LogP contribution < -0.4 is 21.7 Å². The van der Waals surface area contributed by atoms with E-state index in [1.807, 2.05) is 13.8 Å². The molecule has 7 N–H and O–H groups in total. The maximum absolute atomic E-state index is 12.5. The lowest BCUT2D eigenvalue weighted by Crippen LogP contribution is -2.56. The van der Waals surface area contributed by atoms with Crippen LogP contribution in [0.15, 0.2) is 0 Å². The highest BCUT2D eigenvalue weighted by Crippen LogP contribution is 2.07. The molecule has 0 aliphatic heterocycles. The van der Waals surface area contributed by atoms with Crippen LogP contribution >= 0.6 is 0 Å². The summed E-state index contributed by atoms with van der Waals surface area (Å²) in [6, 6.07) is -4.21. The number of hydrogen-bond donors (Lipinski definition) is 6. The van der Waals surface area contributed by atoms with Gasteiger partial charge in [0.2, 0.25) is 17.7 Å². The zero-order valence-corrected chi connectivity index (χ0v) is 16.5. The van der Waals surface area contributed by atoms with Crippen LogP contribution in [-0.4, -0.2) is 64.0 Å². The first-order valence-corrected chi connectivity index (χ1v) is 8.96. The van der Waals surface area contributed by atoms with Gasteiger partial charge in [0, 0.05) is 6.42 Å². The van der Waals surface area contributed by atoms with E-state index >= 15 is 0 Å². The molecule has 11 nitrogen and oxygen atoms in total. The van der Waals surface area contributed by atoms with Crippen molar-refractivity contribution in [2.45, 2.75) is 71.1 Å². The van der Waals surface area contributed by atoms with Crippen LogP contribution in [0.25, 0.3) is 0 Å². The summed E-state index contributed by atoms with van der Waals surface area (Å²) in [7, 11) is 0. The molecule has 0 bridgehead atoms. The molecule has 11 heteroatoms. The summed E-state index contributed by atoms with van der Waals surface area (Å²) >= 11 is 0. The molecule has 28 heavy (non-hydrogen) atoms. The van der Waals surface area contributed by atoms with Crippen LogP contribution in [0.5, 0.6) is 0 Å². The Morgan fingerprint density at radius 1 is 0.821 bits per heavy atom. The number of carboxylic acids is 2. The Bertz CT molecular complexity index is 594. The third kappa shape index (κ3) is 9.86. The predicted molar refractivity (Wildman–Crippen MR) is 99.1 cm³/mol. The molecule has 0 saturated carbocycles. The van der Waals surface area contributed by atoms with Crippen molar-refractivity contribution in [1.82, 2.24) is 16.0 Å². The molecule has 160 valence electrons. The van der Waals surface area contributed by atoms with E-state index in [1.165, 1.54) is 13.8 Å². The quantitative estimate of drug-likeness (QED) is 0.235. The highest BCUT2D eigenvalue weighted by molar-refractivity contribution is 5.93. The minimum absolute atomic E-state index is 0.0301. The SMILES string of the molecule is CC(C)CC(NC(=O)C(N)CCC(=O)O)C(=O)NC(C)C(=O)NC(C)C(=O)O. The van der Waals surface area contributed by atoms with Crippen LogP contribution in [0.3, 0.4) is 0 Å². The van der Waals surface area contributed by atoms with Gasteiger partial charge in [0.15, 0.2) is 0 Å². The summed E-state index contributed by atoms with van der Waals surface area (Å²) in [5, 5.41) is 24.6. The Morgan fingerprint density at radius 2 is 1.36 bits per heavy atom. The van der Waals surface area contributed by atoms with Crippen molar-refractivity contribution in [1.29, 1.82) is 0 Å². The summed E-state index contributed by atoms with van der Waals surface area (Å²) in [6.07, 6.45) is -0.0965. The van der Waals surface area contributed by atoms with Gasteiger partial charge < -0.3 is 31.9 Å². The summed E-state index contributed by atoms with van der Waals surface area (Å²) in [5.41, 5.74) is 5.65. The lowest BCUT2D eigenvalue weighted by Gasteiger charge is -2.24. The minimum atomic E-state index is -1.22. The topological polar surface area (TPSA) is 188 Å². The Hall–Kier alpha value is -2.69. The van der Waals surface area contributed by atoms with Crippen molar-refractivity contribution >= 4 is 29.7 Å². The second-order valence-corrected chi connectivity index (χ2v) is 7.03. The van der Waals surface area contributed by atoms with Crippen molar-refractivity contribution in [3.05, 3.63) is 0 Å². The molecule has 0 rings (SSSR count). The summed E-state index contributed by atoms with van der Waals surface area (Å²) in [5.74, 6) is -4.25.